The van der Waals surface area contributed by atoms with Crippen molar-refractivity contribution in [3.05, 3.63) is 179 Å². The molecule has 7 rings (SSSR count). The predicted octanol–water partition coefficient (Wildman–Crippen LogP) is 9.15. The van der Waals surface area contributed by atoms with Crippen molar-refractivity contribution < 1.29 is 14.6 Å². The van der Waals surface area contributed by atoms with Crippen molar-refractivity contribution in [2.75, 3.05) is 7.11 Å². The topological polar surface area (TPSA) is 38.7 Å². The van der Waals surface area contributed by atoms with E-state index in [9.17, 15) is 5.11 Å². The first-order chi connectivity index (χ1) is 21.2. The standard InChI is InChI=1S/C40H32O3/c1-42-26-28-10-14-30(15-11-28)31-16-12-29(13-17-31)27-43-35-24-20-33(21-25-35)40(32-18-22-34(41)23-19-32)38-8-4-2-6-36(38)37-7-3-5-9-39(37)40/h2-25,41H,26-27H2,1H3. The second kappa shape index (κ2) is 11.3. The first-order valence-electron chi connectivity index (χ1n) is 14.6. The Labute approximate surface area is 252 Å². The number of fused-ring (bicyclic) bond motifs is 3. The molecule has 0 saturated heterocycles. The highest BCUT2D eigenvalue weighted by Crippen LogP contribution is 2.56. The molecule has 1 N–H and O–H groups in total. The average Bonchev–Trinajstić information content (AvgIpc) is 3.36. The molecule has 0 unspecified atom stereocenters. The largest absolute Gasteiger partial charge is 0.508 e. The fraction of sp³-hybridized carbons (Fsp3) is 0.100. The van der Waals surface area contributed by atoms with Gasteiger partial charge in [-0.3, -0.25) is 0 Å². The van der Waals surface area contributed by atoms with Crippen molar-refractivity contribution in [1.29, 1.82) is 0 Å². The maximum atomic E-state index is 10.1. The van der Waals surface area contributed by atoms with Gasteiger partial charge in [0.05, 0.1) is 12.0 Å². The number of methoxy groups -OCH3 is 1. The van der Waals surface area contributed by atoms with Crippen LogP contribution >= 0.6 is 0 Å². The smallest absolute Gasteiger partial charge is 0.119 e. The number of ether oxygens (including phenoxy) is 2. The molecule has 43 heavy (non-hydrogen) atoms. The Morgan fingerprint density at radius 2 is 0.977 bits per heavy atom. The van der Waals surface area contributed by atoms with E-state index in [0.717, 1.165) is 28.0 Å². The van der Waals surface area contributed by atoms with Crippen LogP contribution in [0, 0.1) is 0 Å². The Morgan fingerprint density at radius 1 is 0.512 bits per heavy atom. The van der Waals surface area contributed by atoms with Crippen LogP contribution in [0.1, 0.15) is 33.4 Å². The maximum absolute atomic E-state index is 10.1. The van der Waals surface area contributed by atoms with Gasteiger partial charge in [0.15, 0.2) is 0 Å². The quantitative estimate of drug-likeness (QED) is 0.201. The molecule has 6 aromatic carbocycles. The Hall–Kier alpha value is -5.12. The zero-order valence-corrected chi connectivity index (χ0v) is 24.0. The van der Waals surface area contributed by atoms with Gasteiger partial charge in [0.25, 0.3) is 0 Å². The summed E-state index contributed by atoms with van der Waals surface area (Å²) in [5, 5.41) is 10.1. The molecule has 0 saturated carbocycles. The number of phenols is 1. The van der Waals surface area contributed by atoms with E-state index in [0.29, 0.717) is 13.2 Å². The van der Waals surface area contributed by atoms with Crippen molar-refractivity contribution in [1.82, 2.24) is 0 Å². The molecule has 6 aromatic rings. The summed E-state index contributed by atoms with van der Waals surface area (Å²) in [5.41, 5.74) is 11.4. The lowest BCUT2D eigenvalue weighted by Crippen LogP contribution is -2.28. The summed E-state index contributed by atoms with van der Waals surface area (Å²) < 4.78 is 11.5. The van der Waals surface area contributed by atoms with Crippen molar-refractivity contribution >= 4 is 0 Å². The summed E-state index contributed by atoms with van der Waals surface area (Å²) in [4.78, 5) is 0. The summed E-state index contributed by atoms with van der Waals surface area (Å²) >= 11 is 0. The number of benzene rings is 6. The maximum Gasteiger partial charge on any atom is 0.119 e. The molecule has 0 radical (unpaired) electrons. The molecule has 0 spiro atoms. The van der Waals surface area contributed by atoms with E-state index < -0.39 is 5.41 Å². The number of hydrogen-bond donors (Lipinski definition) is 1. The lowest BCUT2D eigenvalue weighted by atomic mass is 9.68. The molecule has 1 aliphatic carbocycles. The molecule has 3 nitrogen and oxygen atoms in total. The van der Waals surface area contributed by atoms with Crippen molar-refractivity contribution in [2.45, 2.75) is 18.6 Å². The van der Waals surface area contributed by atoms with E-state index >= 15 is 0 Å². The van der Waals surface area contributed by atoms with E-state index in [-0.39, 0.29) is 5.75 Å². The molecular formula is C40H32O3. The Balaban J connectivity index is 1.16. The van der Waals surface area contributed by atoms with Crippen LogP contribution in [0.3, 0.4) is 0 Å². The van der Waals surface area contributed by atoms with Crippen LogP contribution in [0.4, 0.5) is 0 Å². The van der Waals surface area contributed by atoms with E-state index in [1.54, 1.807) is 19.2 Å². The summed E-state index contributed by atoms with van der Waals surface area (Å²) in [6, 6.07) is 50.4. The molecule has 0 amide bonds. The molecule has 0 atom stereocenters. The molecular weight excluding hydrogens is 528 g/mol. The summed E-state index contributed by atoms with van der Waals surface area (Å²) in [6.07, 6.45) is 0. The summed E-state index contributed by atoms with van der Waals surface area (Å²) in [5.74, 6) is 1.08. The molecule has 210 valence electrons. The number of rotatable bonds is 8. The van der Waals surface area contributed by atoms with E-state index in [1.165, 1.54) is 33.4 Å². The van der Waals surface area contributed by atoms with Crippen molar-refractivity contribution in [3.63, 3.8) is 0 Å². The highest BCUT2D eigenvalue weighted by Gasteiger charge is 2.45. The number of hydrogen-bond acceptors (Lipinski definition) is 3. The van der Waals surface area contributed by atoms with Gasteiger partial charge in [-0.05, 0) is 79.9 Å². The highest BCUT2D eigenvalue weighted by atomic mass is 16.5. The minimum Gasteiger partial charge on any atom is -0.508 e. The molecule has 0 heterocycles. The van der Waals surface area contributed by atoms with Crippen LogP contribution in [0.25, 0.3) is 22.3 Å². The normalized spacial score (nSPS) is 12.9. The monoisotopic (exact) mass is 560 g/mol. The zero-order chi connectivity index (χ0) is 29.2. The average molecular weight is 561 g/mol. The van der Waals surface area contributed by atoms with Crippen LogP contribution in [0.5, 0.6) is 11.5 Å². The van der Waals surface area contributed by atoms with Crippen molar-refractivity contribution in [3.8, 4) is 33.8 Å². The third kappa shape index (κ3) is 4.78. The third-order valence-electron chi connectivity index (χ3n) is 8.50. The lowest BCUT2D eigenvalue weighted by molar-refractivity contribution is 0.185. The fourth-order valence-corrected chi connectivity index (χ4v) is 6.46. The van der Waals surface area contributed by atoms with Crippen LogP contribution in [-0.2, 0) is 23.4 Å². The highest BCUT2D eigenvalue weighted by molar-refractivity contribution is 5.86. The second-order valence-electron chi connectivity index (χ2n) is 11.0. The predicted molar refractivity (Wildman–Crippen MR) is 172 cm³/mol. The Kier molecular flexibility index (Phi) is 7.02. The number of aromatic hydroxyl groups is 1. The van der Waals surface area contributed by atoms with Gasteiger partial charge in [-0.2, -0.15) is 0 Å². The first-order valence-corrected chi connectivity index (χ1v) is 14.6. The van der Waals surface area contributed by atoms with Gasteiger partial charge >= 0.3 is 0 Å². The molecule has 1 aliphatic rings. The SMILES string of the molecule is COCc1ccc(-c2ccc(COc3ccc(C4(c5ccc(O)cc5)c5ccccc5-c5ccccc54)cc3)cc2)cc1. The van der Waals surface area contributed by atoms with Gasteiger partial charge < -0.3 is 14.6 Å². The fourth-order valence-electron chi connectivity index (χ4n) is 6.46. The zero-order valence-electron chi connectivity index (χ0n) is 24.0. The molecule has 0 fully saturated rings. The molecule has 0 aromatic heterocycles. The van der Waals surface area contributed by atoms with E-state index in [1.807, 2.05) is 12.1 Å². The van der Waals surface area contributed by atoms with Gasteiger partial charge in [0, 0.05) is 7.11 Å². The van der Waals surface area contributed by atoms with E-state index in [4.69, 9.17) is 9.47 Å². The lowest BCUT2D eigenvalue weighted by Gasteiger charge is -2.34. The van der Waals surface area contributed by atoms with Gasteiger partial charge in [-0.1, -0.05) is 121 Å². The minimum atomic E-state index is -0.503. The summed E-state index contributed by atoms with van der Waals surface area (Å²) in [7, 11) is 1.71. The van der Waals surface area contributed by atoms with Crippen molar-refractivity contribution in [2.24, 2.45) is 0 Å². The minimum absolute atomic E-state index is 0.259. The van der Waals surface area contributed by atoms with Gasteiger partial charge in [-0.15, -0.1) is 0 Å². The molecule has 3 heteroatoms. The second-order valence-corrected chi connectivity index (χ2v) is 11.0. The molecule has 0 aliphatic heterocycles. The van der Waals surface area contributed by atoms with Crippen LogP contribution < -0.4 is 4.74 Å². The third-order valence-corrected chi connectivity index (χ3v) is 8.50. The molecule has 0 bridgehead atoms. The summed E-state index contributed by atoms with van der Waals surface area (Å²) in [6.45, 7) is 1.11. The van der Waals surface area contributed by atoms with Gasteiger partial charge in [-0.25, -0.2) is 0 Å². The van der Waals surface area contributed by atoms with Crippen LogP contribution in [-0.4, -0.2) is 12.2 Å². The Morgan fingerprint density at radius 3 is 1.49 bits per heavy atom. The van der Waals surface area contributed by atoms with E-state index in [2.05, 4.69) is 121 Å². The van der Waals surface area contributed by atoms with Crippen LogP contribution in [0.15, 0.2) is 146 Å². The first kappa shape index (κ1) is 26.8. The van der Waals surface area contributed by atoms with Gasteiger partial charge in [0.1, 0.15) is 18.1 Å². The Bertz CT molecular complexity index is 1810. The number of phenolic OH excluding ortho intramolecular Hbond substituents is 1. The van der Waals surface area contributed by atoms with Gasteiger partial charge in [0.2, 0.25) is 0 Å². The van der Waals surface area contributed by atoms with Crippen LogP contribution in [0.2, 0.25) is 0 Å².